The summed E-state index contributed by atoms with van der Waals surface area (Å²) in [6.45, 7) is 10.1. The van der Waals surface area contributed by atoms with Crippen molar-refractivity contribution >= 4 is 0 Å². The third kappa shape index (κ3) is 3.03. The maximum atomic E-state index is 10.8. The molecular weight excluding hydrogens is 226 g/mol. The summed E-state index contributed by atoms with van der Waals surface area (Å²) in [7, 11) is 0. The van der Waals surface area contributed by atoms with E-state index in [4.69, 9.17) is 10.5 Å². The second kappa shape index (κ2) is 5.29. The van der Waals surface area contributed by atoms with Crippen molar-refractivity contribution in [3.05, 3.63) is 29.8 Å². The van der Waals surface area contributed by atoms with Crippen molar-refractivity contribution in [3.8, 4) is 5.75 Å². The van der Waals surface area contributed by atoms with Crippen molar-refractivity contribution in [2.45, 2.75) is 46.3 Å². The van der Waals surface area contributed by atoms with Crippen molar-refractivity contribution in [1.29, 1.82) is 0 Å². The average Bonchev–Trinajstić information content (AvgIpc) is 2.25. The molecule has 0 aliphatic carbocycles. The van der Waals surface area contributed by atoms with Crippen LogP contribution in [-0.4, -0.2) is 17.8 Å². The van der Waals surface area contributed by atoms with E-state index in [0.29, 0.717) is 0 Å². The van der Waals surface area contributed by atoms with Gasteiger partial charge in [0.2, 0.25) is 0 Å². The Morgan fingerprint density at radius 2 is 1.89 bits per heavy atom. The van der Waals surface area contributed by atoms with Gasteiger partial charge in [0.25, 0.3) is 0 Å². The lowest BCUT2D eigenvalue weighted by atomic mass is 9.72. The monoisotopic (exact) mass is 251 g/mol. The Bertz CT molecular complexity index is 396. The van der Waals surface area contributed by atoms with E-state index >= 15 is 0 Å². The maximum Gasteiger partial charge on any atom is 0.120 e. The largest absolute Gasteiger partial charge is 0.491 e. The second-order valence-electron chi connectivity index (χ2n) is 6.01. The topological polar surface area (TPSA) is 55.5 Å². The zero-order valence-corrected chi connectivity index (χ0v) is 12.0. The van der Waals surface area contributed by atoms with Gasteiger partial charge in [-0.1, -0.05) is 32.9 Å². The lowest BCUT2D eigenvalue weighted by molar-refractivity contribution is -0.0559. The highest BCUT2D eigenvalue weighted by molar-refractivity contribution is 5.34. The van der Waals surface area contributed by atoms with Gasteiger partial charge in [-0.05, 0) is 37.0 Å². The lowest BCUT2D eigenvalue weighted by Gasteiger charge is -2.40. The quantitative estimate of drug-likeness (QED) is 0.865. The summed E-state index contributed by atoms with van der Waals surface area (Å²) in [6, 6.07) is 7.55. The summed E-state index contributed by atoms with van der Waals surface area (Å²) in [5.74, 6) is 0.763. The van der Waals surface area contributed by atoms with E-state index in [1.165, 1.54) is 0 Å². The number of hydrogen-bond acceptors (Lipinski definition) is 3. The highest BCUT2D eigenvalue weighted by Crippen LogP contribution is 2.39. The minimum Gasteiger partial charge on any atom is -0.491 e. The van der Waals surface area contributed by atoms with Gasteiger partial charge in [0.1, 0.15) is 11.4 Å². The SMILES string of the molecule is CC(C)Oc1cccc(C(O)(CN)C(C)(C)C)c1. The Balaban J connectivity index is 3.15. The number of benzene rings is 1. The highest BCUT2D eigenvalue weighted by atomic mass is 16.5. The van der Waals surface area contributed by atoms with Crippen molar-refractivity contribution in [2.75, 3.05) is 6.54 Å². The van der Waals surface area contributed by atoms with E-state index < -0.39 is 5.60 Å². The number of aliphatic hydroxyl groups is 1. The van der Waals surface area contributed by atoms with E-state index in [9.17, 15) is 5.11 Å². The number of hydrogen-bond donors (Lipinski definition) is 2. The van der Waals surface area contributed by atoms with Gasteiger partial charge in [-0.2, -0.15) is 0 Å². The summed E-state index contributed by atoms with van der Waals surface area (Å²) >= 11 is 0. The zero-order chi connectivity index (χ0) is 14.0. The highest BCUT2D eigenvalue weighted by Gasteiger charge is 2.40. The molecule has 0 spiro atoms. The Kier molecular flexibility index (Phi) is 4.41. The molecule has 3 heteroatoms. The minimum absolute atomic E-state index is 0.112. The minimum atomic E-state index is -1.05. The Morgan fingerprint density at radius 1 is 1.28 bits per heavy atom. The third-order valence-electron chi connectivity index (χ3n) is 3.22. The van der Waals surface area contributed by atoms with Gasteiger partial charge in [0.15, 0.2) is 0 Å². The van der Waals surface area contributed by atoms with Crippen LogP contribution in [0.25, 0.3) is 0 Å². The standard InChI is InChI=1S/C15H25NO2/c1-11(2)18-13-8-6-7-12(9-13)15(17,10-16)14(3,4)5/h6-9,11,17H,10,16H2,1-5H3. The predicted octanol–water partition coefficient (Wildman–Crippen LogP) is 2.67. The summed E-state index contributed by atoms with van der Waals surface area (Å²) in [6.07, 6.45) is 0.112. The molecule has 0 saturated carbocycles. The molecule has 0 saturated heterocycles. The molecule has 0 bridgehead atoms. The molecule has 0 aromatic heterocycles. The van der Waals surface area contributed by atoms with E-state index in [-0.39, 0.29) is 18.1 Å². The molecule has 0 radical (unpaired) electrons. The van der Waals surface area contributed by atoms with Crippen LogP contribution in [0.5, 0.6) is 5.75 Å². The maximum absolute atomic E-state index is 10.8. The Labute approximate surface area is 110 Å². The van der Waals surface area contributed by atoms with Gasteiger partial charge >= 0.3 is 0 Å². The summed E-state index contributed by atoms with van der Waals surface area (Å²) < 4.78 is 5.66. The molecule has 0 aliphatic rings. The molecule has 1 aromatic rings. The fraction of sp³-hybridized carbons (Fsp3) is 0.600. The Morgan fingerprint density at radius 3 is 2.33 bits per heavy atom. The van der Waals surface area contributed by atoms with Crippen LogP contribution >= 0.6 is 0 Å². The average molecular weight is 251 g/mol. The molecule has 18 heavy (non-hydrogen) atoms. The molecular formula is C15H25NO2. The predicted molar refractivity (Wildman–Crippen MR) is 74.6 cm³/mol. The molecule has 1 rings (SSSR count). The van der Waals surface area contributed by atoms with Crippen LogP contribution in [0.15, 0.2) is 24.3 Å². The van der Waals surface area contributed by atoms with Crippen LogP contribution in [0.2, 0.25) is 0 Å². The first kappa shape index (κ1) is 15.0. The summed E-state index contributed by atoms with van der Waals surface area (Å²) in [5.41, 5.74) is 5.20. The number of rotatable bonds is 4. The third-order valence-corrected chi connectivity index (χ3v) is 3.22. The molecule has 0 fully saturated rings. The first-order chi connectivity index (χ1) is 8.20. The Hall–Kier alpha value is -1.06. The molecule has 0 amide bonds. The van der Waals surface area contributed by atoms with Gasteiger partial charge < -0.3 is 15.6 Å². The molecule has 3 nitrogen and oxygen atoms in total. The molecule has 1 atom stereocenters. The zero-order valence-electron chi connectivity index (χ0n) is 12.0. The van der Waals surface area contributed by atoms with Crippen LogP contribution in [0.3, 0.4) is 0 Å². The molecule has 0 aliphatic heterocycles. The number of ether oxygens (including phenoxy) is 1. The molecule has 0 heterocycles. The molecule has 1 aromatic carbocycles. The lowest BCUT2D eigenvalue weighted by Crippen LogP contribution is -2.46. The van der Waals surface area contributed by atoms with Gasteiger partial charge in [0.05, 0.1) is 6.10 Å². The molecule has 102 valence electrons. The molecule has 3 N–H and O–H groups in total. The normalized spacial score (nSPS) is 15.6. The van der Waals surface area contributed by atoms with E-state index in [0.717, 1.165) is 11.3 Å². The fourth-order valence-corrected chi connectivity index (χ4v) is 1.96. The second-order valence-corrected chi connectivity index (χ2v) is 6.01. The van der Waals surface area contributed by atoms with Crippen LogP contribution in [0.1, 0.15) is 40.2 Å². The van der Waals surface area contributed by atoms with Crippen molar-refractivity contribution < 1.29 is 9.84 Å². The van der Waals surface area contributed by atoms with E-state index in [2.05, 4.69) is 0 Å². The van der Waals surface area contributed by atoms with E-state index in [1.807, 2.05) is 58.9 Å². The van der Waals surface area contributed by atoms with Crippen LogP contribution in [0, 0.1) is 5.41 Å². The van der Waals surface area contributed by atoms with Crippen molar-refractivity contribution in [1.82, 2.24) is 0 Å². The summed E-state index contributed by atoms with van der Waals surface area (Å²) in [4.78, 5) is 0. The van der Waals surface area contributed by atoms with Gasteiger partial charge in [-0.3, -0.25) is 0 Å². The van der Waals surface area contributed by atoms with Crippen LogP contribution in [-0.2, 0) is 5.60 Å². The first-order valence-electron chi connectivity index (χ1n) is 6.40. The van der Waals surface area contributed by atoms with Gasteiger partial charge in [-0.25, -0.2) is 0 Å². The molecule has 1 unspecified atom stereocenters. The van der Waals surface area contributed by atoms with Crippen LogP contribution < -0.4 is 10.5 Å². The smallest absolute Gasteiger partial charge is 0.120 e. The van der Waals surface area contributed by atoms with Gasteiger partial charge in [-0.15, -0.1) is 0 Å². The summed E-state index contributed by atoms with van der Waals surface area (Å²) in [5, 5.41) is 10.8. The van der Waals surface area contributed by atoms with Crippen molar-refractivity contribution in [3.63, 3.8) is 0 Å². The first-order valence-corrected chi connectivity index (χ1v) is 6.40. The van der Waals surface area contributed by atoms with E-state index in [1.54, 1.807) is 0 Å². The number of nitrogens with two attached hydrogens (primary N) is 1. The van der Waals surface area contributed by atoms with Crippen molar-refractivity contribution in [2.24, 2.45) is 11.1 Å². The fourth-order valence-electron chi connectivity index (χ4n) is 1.96. The van der Waals surface area contributed by atoms with Gasteiger partial charge in [0, 0.05) is 6.54 Å². The van der Waals surface area contributed by atoms with Crippen LogP contribution in [0.4, 0.5) is 0 Å².